The van der Waals surface area contributed by atoms with Crippen molar-refractivity contribution in [3.8, 4) is 5.69 Å². The summed E-state index contributed by atoms with van der Waals surface area (Å²) in [6.07, 6.45) is 0. The summed E-state index contributed by atoms with van der Waals surface area (Å²) >= 11 is 0. The predicted octanol–water partition coefficient (Wildman–Crippen LogP) is 0.757. The fourth-order valence-electron chi connectivity index (χ4n) is 3.83. The van der Waals surface area contributed by atoms with E-state index in [0.717, 1.165) is 37.6 Å². The minimum absolute atomic E-state index is 0.233. The quantitative estimate of drug-likeness (QED) is 0.484. The van der Waals surface area contributed by atoms with E-state index in [1.54, 1.807) is 11.6 Å². The molecule has 1 aromatic carbocycles. The average Bonchev–Trinajstić information content (AvgIpc) is 3.40. The summed E-state index contributed by atoms with van der Waals surface area (Å²) in [5.74, 6) is 1.33. The maximum absolute atomic E-state index is 12.7. The number of rotatable bonds is 4. The molecule has 1 fully saturated rings. The lowest BCUT2D eigenvalue weighted by atomic mass is 10.2. The number of para-hydroxylation sites is 1. The second kappa shape index (κ2) is 7.34. The molecule has 0 amide bonds. The number of piperazine rings is 1. The number of hydrogen-bond donors (Lipinski definition) is 0. The molecule has 30 heavy (non-hydrogen) atoms. The summed E-state index contributed by atoms with van der Waals surface area (Å²) in [7, 11) is 0. The standard InChI is InChI=1S/C19H21N9O2/c1-13-16-14(2)30-22-17(16)18(29)27(21-13)12-25-8-10-26(11-9-25)19-20-23-24-28(19)15-6-4-3-5-7-15/h3-7H,8-12H2,1-2H3. The minimum Gasteiger partial charge on any atom is -0.360 e. The summed E-state index contributed by atoms with van der Waals surface area (Å²) in [6.45, 7) is 7.05. The number of aryl methyl sites for hydroxylation is 2. The Hall–Kier alpha value is -3.60. The van der Waals surface area contributed by atoms with Gasteiger partial charge in [-0.2, -0.15) is 9.78 Å². The largest absolute Gasteiger partial charge is 0.360 e. The lowest BCUT2D eigenvalue weighted by Crippen LogP contribution is -2.49. The summed E-state index contributed by atoms with van der Waals surface area (Å²) in [6, 6.07) is 9.82. The second-order valence-corrected chi connectivity index (χ2v) is 7.33. The summed E-state index contributed by atoms with van der Waals surface area (Å²) in [5.41, 5.74) is 1.76. The molecule has 154 valence electrons. The minimum atomic E-state index is -0.233. The van der Waals surface area contributed by atoms with Gasteiger partial charge < -0.3 is 9.42 Å². The third kappa shape index (κ3) is 3.12. The van der Waals surface area contributed by atoms with Crippen molar-refractivity contribution in [1.82, 2.24) is 40.0 Å². The van der Waals surface area contributed by atoms with E-state index < -0.39 is 0 Å². The summed E-state index contributed by atoms with van der Waals surface area (Å²) in [5, 5.41) is 21.3. The number of nitrogens with zero attached hydrogens (tertiary/aromatic N) is 9. The maximum atomic E-state index is 12.7. The van der Waals surface area contributed by atoms with Gasteiger partial charge in [0.1, 0.15) is 5.76 Å². The Balaban J connectivity index is 1.31. The molecule has 5 rings (SSSR count). The van der Waals surface area contributed by atoms with Crippen molar-refractivity contribution in [3.63, 3.8) is 0 Å². The molecule has 3 aromatic heterocycles. The van der Waals surface area contributed by atoms with Crippen LogP contribution in [0.2, 0.25) is 0 Å². The highest BCUT2D eigenvalue weighted by Gasteiger charge is 2.23. The highest BCUT2D eigenvalue weighted by atomic mass is 16.5. The molecule has 0 atom stereocenters. The lowest BCUT2D eigenvalue weighted by Gasteiger charge is -2.34. The van der Waals surface area contributed by atoms with Crippen molar-refractivity contribution in [2.75, 3.05) is 31.1 Å². The van der Waals surface area contributed by atoms with Crippen LogP contribution in [0.3, 0.4) is 0 Å². The summed E-state index contributed by atoms with van der Waals surface area (Å²) < 4.78 is 8.38. The molecule has 11 nitrogen and oxygen atoms in total. The molecule has 0 aliphatic carbocycles. The molecule has 0 N–H and O–H groups in total. The molecular weight excluding hydrogens is 386 g/mol. The maximum Gasteiger partial charge on any atom is 0.298 e. The van der Waals surface area contributed by atoms with Gasteiger partial charge in [-0.05, 0) is 36.4 Å². The van der Waals surface area contributed by atoms with Crippen LogP contribution < -0.4 is 10.5 Å². The predicted molar refractivity (Wildman–Crippen MR) is 108 cm³/mol. The van der Waals surface area contributed by atoms with E-state index in [4.69, 9.17) is 4.52 Å². The molecule has 4 heterocycles. The number of tetrazole rings is 1. The zero-order chi connectivity index (χ0) is 20.7. The number of aromatic nitrogens is 7. The smallest absolute Gasteiger partial charge is 0.298 e. The lowest BCUT2D eigenvalue weighted by molar-refractivity contribution is 0.190. The van der Waals surface area contributed by atoms with Gasteiger partial charge in [-0.15, -0.1) is 0 Å². The summed E-state index contributed by atoms with van der Waals surface area (Å²) in [4.78, 5) is 17.1. The molecular formula is C19H21N9O2. The SMILES string of the molecule is Cc1nn(CN2CCN(c3nnnn3-c3ccccc3)CC2)c(=O)c2noc(C)c12. The molecule has 0 unspecified atom stereocenters. The third-order valence-corrected chi connectivity index (χ3v) is 5.38. The van der Waals surface area contributed by atoms with Crippen LogP contribution >= 0.6 is 0 Å². The topological polar surface area (TPSA) is 111 Å². The highest BCUT2D eigenvalue weighted by Crippen LogP contribution is 2.18. The first-order valence-corrected chi connectivity index (χ1v) is 9.76. The number of benzene rings is 1. The van der Waals surface area contributed by atoms with E-state index in [0.29, 0.717) is 29.3 Å². The average molecular weight is 407 g/mol. The highest BCUT2D eigenvalue weighted by molar-refractivity contribution is 5.81. The van der Waals surface area contributed by atoms with Crippen molar-refractivity contribution < 1.29 is 4.52 Å². The van der Waals surface area contributed by atoms with Gasteiger partial charge in [0.15, 0.2) is 5.52 Å². The van der Waals surface area contributed by atoms with Gasteiger partial charge in [0, 0.05) is 26.2 Å². The normalized spacial score (nSPS) is 15.2. The Bertz CT molecular complexity index is 1240. The van der Waals surface area contributed by atoms with Gasteiger partial charge >= 0.3 is 0 Å². The first-order valence-electron chi connectivity index (χ1n) is 9.76. The molecule has 4 aromatic rings. The Morgan fingerprint density at radius 2 is 1.83 bits per heavy atom. The zero-order valence-electron chi connectivity index (χ0n) is 16.8. The van der Waals surface area contributed by atoms with Crippen molar-refractivity contribution in [1.29, 1.82) is 0 Å². The van der Waals surface area contributed by atoms with Crippen molar-refractivity contribution in [3.05, 3.63) is 52.1 Å². The first-order chi connectivity index (χ1) is 14.6. The number of hydrogen-bond acceptors (Lipinski definition) is 9. The Kier molecular flexibility index (Phi) is 4.51. The van der Waals surface area contributed by atoms with Gasteiger partial charge in [0.05, 0.1) is 23.4 Å². The first kappa shape index (κ1) is 18.4. The van der Waals surface area contributed by atoms with Gasteiger partial charge in [-0.25, -0.2) is 4.68 Å². The molecule has 0 radical (unpaired) electrons. The molecule has 1 saturated heterocycles. The van der Waals surface area contributed by atoms with E-state index in [1.807, 2.05) is 37.3 Å². The van der Waals surface area contributed by atoms with Gasteiger partial charge in [-0.1, -0.05) is 28.5 Å². The van der Waals surface area contributed by atoms with Crippen LogP contribution in [0.5, 0.6) is 0 Å². The second-order valence-electron chi connectivity index (χ2n) is 7.33. The third-order valence-electron chi connectivity index (χ3n) is 5.38. The van der Waals surface area contributed by atoms with Crippen molar-refractivity contribution in [2.45, 2.75) is 20.5 Å². The van der Waals surface area contributed by atoms with Crippen LogP contribution in [0.4, 0.5) is 5.95 Å². The van der Waals surface area contributed by atoms with Gasteiger partial charge in [-0.3, -0.25) is 9.69 Å². The molecule has 1 aliphatic rings. The molecule has 0 bridgehead atoms. The van der Waals surface area contributed by atoms with E-state index >= 15 is 0 Å². The van der Waals surface area contributed by atoms with Crippen LogP contribution in [-0.4, -0.2) is 66.2 Å². The van der Waals surface area contributed by atoms with Crippen molar-refractivity contribution in [2.24, 2.45) is 0 Å². The Morgan fingerprint density at radius 1 is 1.07 bits per heavy atom. The fourth-order valence-corrected chi connectivity index (χ4v) is 3.83. The Morgan fingerprint density at radius 3 is 2.60 bits per heavy atom. The molecule has 1 aliphatic heterocycles. The van der Waals surface area contributed by atoms with Crippen LogP contribution in [-0.2, 0) is 6.67 Å². The van der Waals surface area contributed by atoms with Crippen LogP contribution in [0.25, 0.3) is 16.6 Å². The van der Waals surface area contributed by atoms with E-state index in [-0.39, 0.29) is 5.56 Å². The van der Waals surface area contributed by atoms with Crippen LogP contribution in [0.1, 0.15) is 11.5 Å². The van der Waals surface area contributed by atoms with E-state index in [2.05, 4.69) is 35.6 Å². The number of fused-ring (bicyclic) bond motifs is 1. The van der Waals surface area contributed by atoms with Gasteiger partial charge in [0.2, 0.25) is 5.95 Å². The van der Waals surface area contributed by atoms with E-state index in [1.165, 1.54) is 4.68 Å². The monoisotopic (exact) mass is 407 g/mol. The van der Waals surface area contributed by atoms with Gasteiger partial charge in [0.25, 0.3) is 5.56 Å². The van der Waals surface area contributed by atoms with Crippen molar-refractivity contribution >= 4 is 16.9 Å². The molecule has 0 spiro atoms. The van der Waals surface area contributed by atoms with Crippen LogP contribution in [0, 0.1) is 13.8 Å². The fraction of sp³-hybridized carbons (Fsp3) is 0.368. The molecule has 11 heteroatoms. The zero-order valence-corrected chi connectivity index (χ0v) is 16.8. The Labute approximate surface area is 171 Å². The van der Waals surface area contributed by atoms with E-state index in [9.17, 15) is 4.79 Å². The number of anilines is 1. The van der Waals surface area contributed by atoms with Crippen LogP contribution in [0.15, 0.2) is 39.6 Å². The molecule has 0 saturated carbocycles.